The van der Waals surface area contributed by atoms with Gasteiger partial charge in [0.1, 0.15) is 18.1 Å². The molecular weight excluding hydrogens is 422 g/mol. The van der Waals surface area contributed by atoms with Crippen molar-refractivity contribution < 1.29 is 27.5 Å². The fourth-order valence-electron chi connectivity index (χ4n) is 3.14. The molecule has 10 heteroatoms. The van der Waals surface area contributed by atoms with E-state index in [-0.39, 0.29) is 30.3 Å². The number of aliphatic imine (C=N–C) groups is 1. The molecule has 0 aromatic heterocycles. The minimum Gasteiger partial charge on any atom is -0.497 e. The fraction of sp³-hybridized carbons (Fsp3) is 0.286. The Hall–Kier alpha value is -3.40. The summed E-state index contributed by atoms with van der Waals surface area (Å²) >= 11 is 0. The van der Waals surface area contributed by atoms with Gasteiger partial charge in [0, 0.05) is 5.56 Å². The second-order valence-electron chi connectivity index (χ2n) is 6.67. The van der Waals surface area contributed by atoms with Crippen LogP contribution < -0.4 is 14.8 Å². The lowest BCUT2D eigenvalue weighted by molar-refractivity contribution is -0.143. The van der Waals surface area contributed by atoms with Crippen LogP contribution in [0.3, 0.4) is 0 Å². The summed E-state index contributed by atoms with van der Waals surface area (Å²) in [5.41, 5.74) is 1.08. The zero-order chi connectivity index (χ0) is 22.4. The number of sulfonamides is 1. The van der Waals surface area contributed by atoms with E-state index < -0.39 is 27.9 Å². The van der Waals surface area contributed by atoms with Gasteiger partial charge in [-0.15, -0.1) is 0 Å². The lowest BCUT2D eigenvalue weighted by Crippen LogP contribution is -2.33. The molecule has 0 saturated carbocycles. The first-order chi connectivity index (χ1) is 14.8. The van der Waals surface area contributed by atoms with Gasteiger partial charge in [-0.05, 0) is 36.8 Å². The average molecular weight is 445 g/mol. The van der Waals surface area contributed by atoms with E-state index in [0.29, 0.717) is 16.9 Å². The highest BCUT2D eigenvalue weighted by molar-refractivity contribution is 7.90. The van der Waals surface area contributed by atoms with Crippen molar-refractivity contribution in [3.8, 4) is 5.75 Å². The molecule has 9 nitrogen and oxygen atoms in total. The summed E-state index contributed by atoms with van der Waals surface area (Å²) in [6.07, 6.45) is -0.0707. The first-order valence-electron chi connectivity index (χ1n) is 9.59. The summed E-state index contributed by atoms with van der Waals surface area (Å²) < 4.78 is 36.9. The highest BCUT2D eigenvalue weighted by Crippen LogP contribution is 2.23. The predicted octanol–water partition coefficient (Wildman–Crippen LogP) is 1.54. The molecular formula is C21H23N3O6S. The topological polar surface area (TPSA) is 123 Å². The molecule has 0 aliphatic carbocycles. The van der Waals surface area contributed by atoms with Crippen molar-refractivity contribution in [1.29, 1.82) is 0 Å². The van der Waals surface area contributed by atoms with Gasteiger partial charge < -0.3 is 14.8 Å². The van der Waals surface area contributed by atoms with Crippen molar-refractivity contribution in [3.05, 3.63) is 59.7 Å². The number of carbonyl (C=O) groups excluding carboxylic acids is 2. The normalized spacial score (nSPS) is 16.1. The molecule has 2 aromatic carbocycles. The van der Waals surface area contributed by atoms with Gasteiger partial charge >= 0.3 is 5.97 Å². The van der Waals surface area contributed by atoms with Crippen molar-refractivity contribution in [1.82, 2.24) is 10.0 Å². The Kier molecular flexibility index (Phi) is 6.91. The maximum absolute atomic E-state index is 12.6. The fourth-order valence-corrected chi connectivity index (χ4v) is 4.39. The molecule has 2 aromatic rings. The first kappa shape index (κ1) is 22.3. The van der Waals surface area contributed by atoms with E-state index in [4.69, 9.17) is 9.47 Å². The van der Waals surface area contributed by atoms with Crippen molar-refractivity contribution >= 4 is 27.7 Å². The lowest BCUT2D eigenvalue weighted by Gasteiger charge is -2.19. The van der Waals surface area contributed by atoms with Crippen LogP contribution in [0.4, 0.5) is 0 Å². The molecule has 1 unspecified atom stereocenters. The number of nitrogens with one attached hydrogen (secondary N) is 2. The van der Waals surface area contributed by atoms with Crippen LogP contribution in [0.2, 0.25) is 0 Å². The Morgan fingerprint density at radius 2 is 1.94 bits per heavy atom. The third kappa shape index (κ3) is 5.40. The molecule has 1 heterocycles. The monoisotopic (exact) mass is 445 g/mol. The Bertz CT molecular complexity index is 1110. The van der Waals surface area contributed by atoms with Crippen molar-refractivity contribution in [2.24, 2.45) is 4.99 Å². The number of fused-ring (bicyclic) bond motifs is 1. The van der Waals surface area contributed by atoms with E-state index in [2.05, 4.69) is 15.0 Å². The molecule has 0 spiro atoms. The Labute approximate surface area is 180 Å². The molecule has 3 rings (SSSR count). The minimum atomic E-state index is -3.69. The predicted molar refractivity (Wildman–Crippen MR) is 113 cm³/mol. The number of nitrogens with zero attached hydrogens (tertiary/aromatic N) is 1. The highest BCUT2D eigenvalue weighted by Gasteiger charge is 2.30. The number of ether oxygens (including phenoxy) is 2. The van der Waals surface area contributed by atoms with Gasteiger partial charge in [0.2, 0.25) is 5.91 Å². The van der Waals surface area contributed by atoms with Crippen LogP contribution in [0.15, 0.2) is 58.4 Å². The number of esters is 1. The summed E-state index contributed by atoms with van der Waals surface area (Å²) in [6.45, 7) is 1.61. The maximum Gasteiger partial charge on any atom is 0.308 e. The number of methoxy groups -OCH3 is 1. The van der Waals surface area contributed by atoms with E-state index in [9.17, 15) is 18.0 Å². The van der Waals surface area contributed by atoms with Crippen molar-refractivity contribution in [2.75, 3.05) is 20.3 Å². The Balaban J connectivity index is 1.76. The molecule has 1 aliphatic rings. The van der Waals surface area contributed by atoms with Crippen LogP contribution in [0, 0.1) is 0 Å². The van der Waals surface area contributed by atoms with Gasteiger partial charge in [-0.25, -0.2) is 8.42 Å². The quantitative estimate of drug-likeness (QED) is 0.594. The third-order valence-electron chi connectivity index (χ3n) is 4.55. The highest BCUT2D eigenvalue weighted by atomic mass is 32.2. The van der Waals surface area contributed by atoms with Gasteiger partial charge in [-0.3, -0.25) is 19.3 Å². The number of carbonyl (C=O) groups is 2. The SMILES string of the molecule is CCOC(=O)CC(NC(=O)CN=C1NS(=O)(=O)c2ccccc21)c1cccc(OC)c1. The molecule has 0 bridgehead atoms. The Morgan fingerprint density at radius 3 is 2.68 bits per heavy atom. The molecule has 31 heavy (non-hydrogen) atoms. The number of benzene rings is 2. The molecule has 0 saturated heterocycles. The van der Waals surface area contributed by atoms with E-state index >= 15 is 0 Å². The molecule has 164 valence electrons. The van der Waals surface area contributed by atoms with E-state index in [1.54, 1.807) is 49.4 Å². The Morgan fingerprint density at radius 1 is 1.16 bits per heavy atom. The van der Waals surface area contributed by atoms with Gasteiger partial charge in [-0.2, -0.15) is 0 Å². The molecule has 0 fully saturated rings. The molecule has 2 N–H and O–H groups in total. The summed E-state index contributed by atoms with van der Waals surface area (Å²) in [6, 6.07) is 12.7. The zero-order valence-corrected chi connectivity index (χ0v) is 17.9. The summed E-state index contributed by atoms with van der Waals surface area (Å²) in [7, 11) is -2.16. The lowest BCUT2D eigenvalue weighted by atomic mass is 10.0. The van der Waals surface area contributed by atoms with Crippen LogP contribution in [-0.2, 0) is 24.3 Å². The molecule has 1 amide bonds. The second kappa shape index (κ2) is 9.61. The van der Waals surface area contributed by atoms with E-state index in [1.807, 2.05) is 0 Å². The standard InChI is InChI=1S/C21H23N3O6S/c1-3-30-20(26)12-17(14-7-6-8-15(11-14)29-2)23-19(25)13-22-21-16-9-4-5-10-18(16)31(27,28)24-21/h4-11,17H,3,12-13H2,1-2H3,(H,22,24)(H,23,25). The number of amidine groups is 1. The first-order valence-corrected chi connectivity index (χ1v) is 11.1. The van der Waals surface area contributed by atoms with Gasteiger partial charge in [0.05, 0.1) is 31.1 Å². The van der Waals surface area contributed by atoms with Gasteiger partial charge in [-0.1, -0.05) is 24.3 Å². The van der Waals surface area contributed by atoms with Crippen LogP contribution in [0.5, 0.6) is 5.75 Å². The van der Waals surface area contributed by atoms with Crippen LogP contribution in [0.25, 0.3) is 0 Å². The zero-order valence-electron chi connectivity index (χ0n) is 17.1. The molecule has 1 atom stereocenters. The van der Waals surface area contributed by atoms with Gasteiger partial charge in [0.25, 0.3) is 10.0 Å². The average Bonchev–Trinajstić information content (AvgIpc) is 3.02. The van der Waals surface area contributed by atoms with E-state index in [0.717, 1.165) is 0 Å². The number of hydrogen-bond donors (Lipinski definition) is 2. The van der Waals surface area contributed by atoms with Crippen LogP contribution >= 0.6 is 0 Å². The number of rotatable bonds is 8. The van der Waals surface area contributed by atoms with Gasteiger partial charge in [0.15, 0.2) is 0 Å². The largest absolute Gasteiger partial charge is 0.497 e. The smallest absolute Gasteiger partial charge is 0.308 e. The van der Waals surface area contributed by atoms with E-state index in [1.165, 1.54) is 13.2 Å². The van der Waals surface area contributed by atoms with Crippen LogP contribution in [-0.4, -0.2) is 46.4 Å². The number of amides is 1. The molecule has 1 aliphatic heterocycles. The maximum atomic E-state index is 12.6. The second-order valence-corrected chi connectivity index (χ2v) is 8.32. The summed E-state index contributed by atoms with van der Waals surface area (Å²) in [4.78, 5) is 28.8. The van der Waals surface area contributed by atoms with Crippen molar-refractivity contribution in [2.45, 2.75) is 24.3 Å². The molecule has 0 radical (unpaired) electrons. The summed E-state index contributed by atoms with van der Waals surface area (Å²) in [5.74, 6) is -0.250. The summed E-state index contributed by atoms with van der Waals surface area (Å²) in [5, 5.41) is 2.76. The van der Waals surface area contributed by atoms with Crippen LogP contribution in [0.1, 0.15) is 30.5 Å². The minimum absolute atomic E-state index is 0.0707. The number of hydrogen-bond acceptors (Lipinski definition) is 7. The van der Waals surface area contributed by atoms with Crippen molar-refractivity contribution in [3.63, 3.8) is 0 Å². The third-order valence-corrected chi connectivity index (χ3v) is 5.95.